The lowest BCUT2D eigenvalue weighted by Crippen LogP contribution is -2.09. The van der Waals surface area contributed by atoms with Gasteiger partial charge in [0.05, 0.1) is 0 Å². The highest BCUT2D eigenvalue weighted by Crippen LogP contribution is 2.19. The first-order valence-corrected chi connectivity index (χ1v) is 7.98. The number of nitrogens with two attached hydrogens (primary N) is 1. The highest BCUT2D eigenvalue weighted by atomic mass is 15.0. The maximum atomic E-state index is 5.91. The van der Waals surface area contributed by atoms with Gasteiger partial charge in [0.2, 0.25) is 0 Å². The van der Waals surface area contributed by atoms with Crippen molar-refractivity contribution in [1.82, 2.24) is 9.97 Å². The highest BCUT2D eigenvalue weighted by Gasteiger charge is 2.07. The predicted molar refractivity (Wildman–Crippen MR) is 86.9 cm³/mol. The fraction of sp³-hybridized carbons (Fsp3) is 0.750. The molecule has 0 bridgehead atoms. The monoisotopic (exact) mass is 278 g/mol. The Bertz CT molecular complexity index is 377. The number of hydrogen-bond acceptors (Lipinski definition) is 4. The third kappa shape index (κ3) is 6.22. The van der Waals surface area contributed by atoms with Gasteiger partial charge in [-0.15, -0.1) is 0 Å². The maximum absolute atomic E-state index is 5.91. The molecule has 0 saturated heterocycles. The van der Waals surface area contributed by atoms with Crippen molar-refractivity contribution in [1.29, 1.82) is 0 Å². The minimum absolute atomic E-state index is 0.612. The van der Waals surface area contributed by atoms with E-state index in [0.717, 1.165) is 36.7 Å². The van der Waals surface area contributed by atoms with Crippen molar-refractivity contribution in [3.63, 3.8) is 0 Å². The van der Waals surface area contributed by atoms with E-state index in [4.69, 9.17) is 5.73 Å². The zero-order chi connectivity index (χ0) is 14.8. The molecule has 1 heterocycles. The first kappa shape index (κ1) is 16.7. The summed E-state index contributed by atoms with van der Waals surface area (Å²) < 4.78 is 0. The van der Waals surface area contributed by atoms with Gasteiger partial charge in [-0.05, 0) is 18.8 Å². The van der Waals surface area contributed by atoms with E-state index < -0.39 is 0 Å². The molecule has 0 saturated carbocycles. The summed E-state index contributed by atoms with van der Waals surface area (Å²) in [5, 5.41) is 3.41. The van der Waals surface area contributed by atoms with E-state index in [-0.39, 0.29) is 0 Å². The van der Waals surface area contributed by atoms with Gasteiger partial charge in [0.15, 0.2) is 0 Å². The molecule has 0 aliphatic carbocycles. The Morgan fingerprint density at radius 3 is 2.60 bits per heavy atom. The molecule has 0 fully saturated rings. The van der Waals surface area contributed by atoms with E-state index in [2.05, 4.69) is 36.1 Å². The van der Waals surface area contributed by atoms with Gasteiger partial charge in [0.25, 0.3) is 0 Å². The third-order valence-electron chi connectivity index (χ3n) is 3.48. The van der Waals surface area contributed by atoms with Crippen LogP contribution in [0.2, 0.25) is 0 Å². The number of aromatic nitrogens is 2. The molecule has 0 atom stereocenters. The molecule has 1 aromatic heterocycles. The van der Waals surface area contributed by atoms with Gasteiger partial charge in [0, 0.05) is 12.1 Å². The molecule has 0 aromatic carbocycles. The molecule has 114 valence electrons. The minimum atomic E-state index is 0.612. The summed E-state index contributed by atoms with van der Waals surface area (Å²) in [5.41, 5.74) is 6.98. The Kier molecular flexibility index (Phi) is 8.00. The number of anilines is 2. The van der Waals surface area contributed by atoms with Crippen molar-refractivity contribution in [3.05, 3.63) is 11.9 Å². The smallest absolute Gasteiger partial charge is 0.134 e. The SMILES string of the molecule is CCCc1c(N)ncnc1NCCCCCCC(C)C. The molecular formula is C16H30N4. The predicted octanol–water partition coefficient (Wildman–Crippen LogP) is 4.03. The van der Waals surface area contributed by atoms with E-state index in [9.17, 15) is 0 Å². The largest absolute Gasteiger partial charge is 0.383 e. The van der Waals surface area contributed by atoms with Crippen LogP contribution in [-0.4, -0.2) is 16.5 Å². The van der Waals surface area contributed by atoms with Gasteiger partial charge in [-0.1, -0.05) is 52.9 Å². The summed E-state index contributed by atoms with van der Waals surface area (Å²) in [6.07, 6.45) is 10.0. The summed E-state index contributed by atoms with van der Waals surface area (Å²) in [7, 11) is 0. The molecule has 0 aliphatic heterocycles. The van der Waals surface area contributed by atoms with Crippen LogP contribution in [0.4, 0.5) is 11.6 Å². The summed E-state index contributed by atoms with van der Waals surface area (Å²) >= 11 is 0. The summed E-state index contributed by atoms with van der Waals surface area (Å²) in [5.74, 6) is 2.36. The van der Waals surface area contributed by atoms with Gasteiger partial charge in [-0.25, -0.2) is 9.97 Å². The van der Waals surface area contributed by atoms with E-state index in [1.807, 2.05) is 0 Å². The molecule has 20 heavy (non-hydrogen) atoms. The van der Waals surface area contributed by atoms with Crippen molar-refractivity contribution in [2.45, 2.75) is 65.7 Å². The van der Waals surface area contributed by atoms with E-state index in [1.165, 1.54) is 32.1 Å². The lowest BCUT2D eigenvalue weighted by Gasteiger charge is -2.11. The van der Waals surface area contributed by atoms with E-state index >= 15 is 0 Å². The molecule has 4 heteroatoms. The average molecular weight is 278 g/mol. The van der Waals surface area contributed by atoms with Crippen LogP contribution < -0.4 is 11.1 Å². The molecule has 1 rings (SSSR count). The van der Waals surface area contributed by atoms with Crippen LogP contribution in [0.15, 0.2) is 6.33 Å². The fourth-order valence-electron chi connectivity index (χ4n) is 2.31. The highest BCUT2D eigenvalue weighted by molar-refractivity contribution is 5.54. The number of nitrogen functional groups attached to an aromatic ring is 1. The lowest BCUT2D eigenvalue weighted by molar-refractivity contribution is 0.523. The molecule has 0 spiro atoms. The average Bonchev–Trinajstić information content (AvgIpc) is 2.41. The van der Waals surface area contributed by atoms with Crippen LogP contribution in [0.25, 0.3) is 0 Å². The fourth-order valence-corrected chi connectivity index (χ4v) is 2.31. The quantitative estimate of drug-likeness (QED) is 0.634. The van der Waals surface area contributed by atoms with Gasteiger partial charge >= 0.3 is 0 Å². The van der Waals surface area contributed by atoms with Crippen LogP contribution in [0, 0.1) is 5.92 Å². The Balaban J connectivity index is 2.26. The molecule has 1 aromatic rings. The second-order valence-electron chi connectivity index (χ2n) is 5.86. The van der Waals surface area contributed by atoms with Crippen molar-refractivity contribution >= 4 is 11.6 Å². The summed E-state index contributed by atoms with van der Waals surface area (Å²) in [6.45, 7) is 7.69. The van der Waals surface area contributed by atoms with E-state index in [0.29, 0.717) is 5.82 Å². The number of unbranched alkanes of at least 4 members (excludes halogenated alkanes) is 3. The van der Waals surface area contributed by atoms with Crippen LogP contribution >= 0.6 is 0 Å². The Morgan fingerprint density at radius 2 is 1.90 bits per heavy atom. The van der Waals surface area contributed by atoms with Crippen LogP contribution in [0.5, 0.6) is 0 Å². The second-order valence-corrected chi connectivity index (χ2v) is 5.86. The molecule has 0 unspecified atom stereocenters. The van der Waals surface area contributed by atoms with Crippen molar-refractivity contribution < 1.29 is 0 Å². The second kappa shape index (κ2) is 9.56. The van der Waals surface area contributed by atoms with Gasteiger partial charge in [-0.3, -0.25) is 0 Å². The van der Waals surface area contributed by atoms with Crippen LogP contribution in [0.1, 0.15) is 64.9 Å². The molecule has 0 radical (unpaired) electrons. The van der Waals surface area contributed by atoms with Crippen molar-refractivity contribution in [2.24, 2.45) is 5.92 Å². The normalized spacial score (nSPS) is 11.0. The first-order valence-electron chi connectivity index (χ1n) is 7.98. The number of hydrogen-bond donors (Lipinski definition) is 2. The minimum Gasteiger partial charge on any atom is -0.383 e. The van der Waals surface area contributed by atoms with Gasteiger partial charge < -0.3 is 11.1 Å². The Hall–Kier alpha value is -1.32. The lowest BCUT2D eigenvalue weighted by atomic mass is 10.0. The summed E-state index contributed by atoms with van der Waals surface area (Å²) in [4.78, 5) is 8.38. The van der Waals surface area contributed by atoms with Crippen LogP contribution in [0.3, 0.4) is 0 Å². The zero-order valence-corrected chi connectivity index (χ0v) is 13.3. The van der Waals surface area contributed by atoms with Gasteiger partial charge in [0.1, 0.15) is 18.0 Å². The number of rotatable bonds is 10. The molecule has 0 amide bonds. The standard InChI is InChI=1S/C16H30N4/c1-4-9-14-15(17)19-12-20-16(14)18-11-8-6-5-7-10-13(2)3/h12-13H,4-11H2,1-3H3,(H3,17,18,19,20). The molecule has 4 nitrogen and oxygen atoms in total. The van der Waals surface area contributed by atoms with Gasteiger partial charge in [-0.2, -0.15) is 0 Å². The van der Waals surface area contributed by atoms with Crippen molar-refractivity contribution in [3.8, 4) is 0 Å². The Morgan fingerprint density at radius 1 is 1.15 bits per heavy atom. The number of nitrogens with zero attached hydrogens (tertiary/aromatic N) is 2. The molecule has 3 N–H and O–H groups in total. The maximum Gasteiger partial charge on any atom is 0.134 e. The molecular weight excluding hydrogens is 248 g/mol. The summed E-state index contributed by atoms with van der Waals surface area (Å²) in [6, 6.07) is 0. The number of nitrogens with one attached hydrogen (secondary N) is 1. The molecule has 0 aliphatic rings. The third-order valence-corrected chi connectivity index (χ3v) is 3.48. The van der Waals surface area contributed by atoms with Crippen LogP contribution in [-0.2, 0) is 6.42 Å². The Labute approximate surface area is 123 Å². The van der Waals surface area contributed by atoms with E-state index in [1.54, 1.807) is 6.33 Å². The topological polar surface area (TPSA) is 63.8 Å². The zero-order valence-electron chi connectivity index (χ0n) is 13.3. The first-order chi connectivity index (χ1) is 9.65. The van der Waals surface area contributed by atoms with Crippen molar-refractivity contribution in [2.75, 3.05) is 17.6 Å².